The third kappa shape index (κ3) is 4.19. The summed E-state index contributed by atoms with van der Waals surface area (Å²) in [6.07, 6.45) is 3.65. The molecular weight excluding hydrogens is 252 g/mol. The van der Waals surface area contributed by atoms with Crippen LogP contribution in [-0.2, 0) is 14.8 Å². The molecule has 2 aliphatic rings. The second-order valence-corrected chi connectivity index (χ2v) is 7.39. The van der Waals surface area contributed by atoms with E-state index in [4.69, 9.17) is 4.74 Å². The molecule has 0 bridgehead atoms. The molecule has 0 radical (unpaired) electrons. The molecule has 0 unspecified atom stereocenters. The van der Waals surface area contributed by atoms with Crippen molar-refractivity contribution in [2.24, 2.45) is 5.92 Å². The largest absolute Gasteiger partial charge is 0.384 e. The van der Waals surface area contributed by atoms with Crippen LogP contribution >= 0.6 is 0 Å². The molecule has 106 valence electrons. The molecule has 0 aromatic rings. The summed E-state index contributed by atoms with van der Waals surface area (Å²) in [7, 11) is -1.59. The SMILES string of the molecule is COCCS(=O)(=O)N1CCCN(CC2CC2)CC1. The number of methoxy groups -OCH3 is 1. The Labute approximate surface area is 110 Å². The van der Waals surface area contributed by atoms with Crippen LogP contribution in [0.25, 0.3) is 0 Å². The van der Waals surface area contributed by atoms with E-state index in [1.807, 2.05) is 0 Å². The fraction of sp³-hybridized carbons (Fsp3) is 1.00. The van der Waals surface area contributed by atoms with Gasteiger partial charge < -0.3 is 9.64 Å². The molecule has 1 saturated heterocycles. The lowest BCUT2D eigenvalue weighted by Gasteiger charge is -2.21. The van der Waals surface area contributed by atoms with Crippen LogP contribution in [0.5, 0.6) is 0 Å². The number of nitrogens with zero attached hydrogens (tertiary/aromatic N) is 2. The number of sulfonamides is 1. The summed E-state index contributed by atoms with van der Waals surface area (Å²) in [5.74, 6) is 0.980. The summed E-state index contributed by atoms with van der Waals surface area (Å²) in [4.78, 5) is 2.42. The van der Waals surface area contributed by atoms with Crippen molar-refractivity contribution in [3.05, 3.63) is 0 Å². The number of ether oxygens (including phenoxy) is 1. The molecule has 0 atom stereocenters. The van der Waals surface area contributed by atoms with Crippen LogP contribution in [0.4, 0.5) is 0 Å². The van der Waals surface area contributed by atoms with Gasteiger partial charge in [-0.05, 0) is 31.7 Å². The normalized spacial score (nSPS) is 24.1. The van der Waals surface area contributed by atoms with Gasteiger partial charge in [0, 0.05) is 33.3 Å². The maximum atomic E-state index is 12.1. The molecule has 1 saturated carbocycles. The molecule has 0 N–H and O–H groups in total. The molecule has 5 nitrogen and oxygen atoms in total. The van der Waals surface area contributed by atoms with Crippen molar-refractivity contribution in [1.29, 1.82) is 0 Å². The second kappa shape index (κ2) is 6.32. The summed E-state index contributed by atoms with van der Waals surface area (Å²) in [6.45, 7) is 4.65. The van der Waals surface area contributed by atoms with Crippen LogP contribution in [0.2, 0.25) is 0 Å². The summed E-state index contributed by atoms with van der Waals surface area (Å²) < 4.78 is 30.6. The second-order valence-electron chi connectivity index (χ2n) is 5.31. The third-order valence-electron chi connectivity index (χ3n) is 3.70. The first-order valence-corrected chi connectivity index (χ1v) is 8.42. The van der Waals surface area contributed by atoms with Gasteiger partial charge in [-0.25, -0.2) is 12.7 Å². The number of hydrogen-bond acceptors (Lipinski definition) is 4. The lowest BCUT2D eigenvalue weighted by Crippen LogP contribution is -2.37. The molecule has 2 fully saturated rings. The van der Waals surface area contributed by atoms with E-state index in [-0.39, 0.29) is 12.4 Å². The van der Waals surface area contributed by atoms with E-state index in [0.29, 0.717) is 13.1 Å². The highest BCUT2D eigenvalue weighted by molar-refractivity contribution is 7.89. The molecule has 0 amide bonds. The van der Waals surface area contributed by atoms with Crippen LogP contribution in [0.15, 0.2) is 0 Å². The molecule has 6 heteroatoms. The van der Waals surface area contributed by atoms with E-state index in [2.05, 4.69) is 4.90 Å². The van der Waals surface area contributed by atoms with E-state index in [9.17, 15) is 8.42 Å². The zero-order chi connectivity index (χ0) is 13.0. The van der Waals surface area contributed by atoms with E-state index in [0.717, 1.165) is 32.0 Å². The monoisotopic (exact) mass is 276 g/mol. The van der Waals surface area contributed by atoms with Crippen LogP contribution in [0, 0.1) is 5.92 Å². The maximum absolute atomic E-state index is 12.1. The van der Waals surface area contributed by atoms with Crippen molar-refractivity contribution in [2.45, 2.75) is 19.3 Å². The summed E-state index contributed by atoms with van der Waals surface area (Å²) in [5, 5.41) is 0. The Morgan fingerprint density at radius 2 is 1.94 bits per heavy atom. The average molecular weight is 276 g/mol. The quantitative estimate of drug-likeness (QED) is 0.704. The Balaban J connectivity index is 1.83. The molecule has 0 spiro atoms. The summed E-state index contributed by atoms with van der Waals surface area (Å²) in [5.41, 5.74) is 0. The van der Waals surface area contributed by atoms with Gasteiger partial charge in [-0.2, -0.15) is 0 Å². The highest BCUT2D eigenvalue weighted by Crippen LogP contribution is 2.30. The van der Waals surface area contributed by atoms with Crippen LogP contribution in [0.3, 0.4) is 0 Å². The van der Waals surface area contributed by atoms with Gasteiger partial charge in [0.1, 0.15) is 0 Å². The molecule has 1 aliphatic heterocycles. The van der Waals surface area contributed by atoms with Gasteiger partial charge in [0.15, 0.2) is 0 Å². The fourth-order valence-electron chi connectivity index (χ4n) is 2.39. The minimum Gasteiger partial charge on any atom is -0.384 e. The van der Waals surface area contributed by atoms with E-state index >= 15 is 0 Å². The minimum absolute atomic E-state index is 0.103. The first-order chi connectivity index (χ1) is 8.62. The van der Waals surface area contributed by atoms with Crippen LogP contribution < -0.4 is 0 Å². The van der Waals surface area contributed by atoms with Gasteiger partial charge in [-0.15, -0.1) is 0 Å². The molecule has 1 aliphatic carbocycles. The predicted molar refractivity (Wildman–Crippen MR) is 71.0 cm³/mol. The van der Waals surface area contributed by atoms with Gasteiger partial charge in [0.25, 0.3) is 0 Å². The van der Waals surface area contributed by atoms with Crippen molar-refractivity contribution in [2.75, 3.05) is 52.2 Å². The number of rotatable bonds is 6. The van der Waals surface area contributed by atoms with Crippen molar-refractivity contribution in [3.8, 4) is 0 Å². The molecule has 0 aromatic carbocycles. The van der Waals surface area contributed by atoms with Crippen molar-refractivity contribution in [3.63, 3.8) is 0 Å². The third-order valence-corrected chi connectivity index (χ3v) is 5.53. The fourth-order valence-corrected chi connectivity index (χ4v) is 3.79. The predicted octanol–water partition coefficient (Wildman–Crippen LogP) is 0.380. The Morgan fingerprint density at radius 3 is 2.61 bits per heavy atom. The van der Waals surface area contributed by atoms with Crippen molar-refractivity contribution in [1.82, 2.24) is 9.21 Å². The van der Waals surface area contributed by atoms with Crippen molar-refractivity contribution < 1.29 is 13.2 Å². The summed E-state index contributed by atoms with van der Waals surface area (Å²) >= 11 is 0. The summed E-state index contributed by atoms with van der Waals surface area (Å²) in [6, 6.07) is 0. The smallest absolute Gasteiger partial charge is 0.216 e. The topological polar surface area (TPSA) is 49.9 Å². The maximum Gasteiger partial charge on any atom is 0.216 e. The molecule has 2 rings (SSSR count). The van der Waals surface area contributed by atoms with E-state index < -0.39 is 10.0 Å². The Bertz CT molecular complexity index is 354. The molecule has 1 heterocycles. The van der Waals surface area contributed by atoms with E-state index in [1.165, 1.54) is 20.0 Å². The first-order valence-electron chi connectivity index (χ1n) is 6.81. The Hall–Kier alpha value is -0.170. The zero-order valence-corrected chi connectivity index (χ0v) is 12.0. The highest BCUT2D eigenvalue weighted by atomic mass is 32.2. The molecule has 18 heavy (non-hydrogen) atoms. The standard InChI is InChI=1S/C12H24N2O3S/c1-17-9-10-18(15,16)14-6-2-5-13(7-8-14)11-12-3-4-12/h12H,2-11H2,1H3. The minimum atomic E-state index is -3.12. The van der Waals surface area contributed by atoms with Crippen LogP contribution in [0.1, 0.15) is 19.3 Å². The lowest BCUT2D eigenvalue weighted by atomic mass is 10.3. The van der Waals surface area contributed by atoms with Gasteiger partial charge >= 0.3 is 0 Å². The lowest BCUT2D eigenvalue weighted by molar-refractivity contribution is 0.215. The Kier molecular flexibility index (Phi) is 5.00. The number of hydrogen-bond donors (Lipinski definition) is 0. The molecule has 0 aromatic heterocycles. The first kappa shape index (κ1) is 14.2. The average Bonchev–Trinajstić information content (AvgIpc) is 3.14. The molecular formula is C12H24N2O3S. The highest BCUT2D eigenvalue weighted by Gasteiger charge is 2.28. The zero-order valence-electron chi connectivity index (χ0n) is 11.2. The van der Waals surface area contributed by atoms with Gasteiger partial charge in [0.05, 0.1) is 12.4 Å². The van der Waals surface area contributed by atoms with Crippen molar-refractivity contribution >= 4 is 10.0 Å². The van der Waals surface area contributed by atoms with Gasteiger partial charge in [-0.3, -0.25) is 0 Å². The van der Waals surface area contributed by atoms with Gasteiger partial charge in [-0.1, -0.05) is 0 Å². The van der Waals surface area contributed by atoms with E-state index in [1.54, 1.807) is 4.31 Å². The van der Waals surface area contributed by atoms with Crippen LogP contribution in [-0.4, -0.2) is 69.8 Å². The Morgan fingerprint density at radius 1 is 1.17 bits per heavy atom. The van der Waals surface area contributed by atoms with Gasteiger partial charge in [0.2, 0.25) is 10.0 Å².